The molecule has 5 heteroatoms. The maximum Gasteiger partial charge on any atom is 0.416 e. The molecule has 2 aromatic rings. The number of rotatable bonds is 1. The van der Waals surface area contributed by atoms with E-state index in [4.69, 9.17) is 5.73 Å². The smallest absolute Gasteiger partial charge is 0.384 e. The molecule has 0 aliphatic rings. The lowest BCUT2D eigenvalue weighted by molar-refractivity contribution is -0.137. The normalized spacial score (nSPS) is 11.6. The largest absolute Gasteiger partial charge is 0.416 e. The number of nitrogen functional groups attached to an aromatic ring is 1. The fraction of sp³-hybridized carbons (Fsp3) is 0.154. The van der Waals surface area contributed by atoms with E-state index in [1.165, 1.54) is 6.07 Å². The second-order valence-electron chi connectivity index (χ2n) is 3.95. The molecular weight excluding hydrogens is 241 g/mol. The van der Waals surface area contributed by atoms with E-state index in [2.05, 4.69) is 4.98 Å². The second-order valence-corrected chi connectivity index (χ2v) is 3.95. The SMILES string of the molecule is Cc1nc(N)ccc1-c1cccc(C(F)(F)F)c1. The number of aryl methyl sites for hydroxylation is 1. The predicted octanol–water partition coefficient (Wildman–Crippen LogP) is 3.66. The van der Waals surface area contributed by atoms with Gasteiger partial charge < -0.3 is 5.73 Å². The first-order valence-corrected chi connectivity index (χ1v) is 5.28. The third kappa shape index (κ3) is 2.45. The zero-order valence-electron chi connectivity index (χ0n) is 9.62. The number of nitrogens with zero attached hydrogens (tertiary/aromatic N) is 1. The van der Waals surface area contributed by atoms with Gasteiger partial charge in [-0.2, -0.15) is 13.2 Å². The molecular formula is C13H11F3N2. The number of aromatic nitrogens is 1. The molecule has 0 amide bonds. The molecule has 0 unspecified atom stereocenters. The van der Waals surface area contributed by atoms with Crippen molar-refractivity contribution in [3.8, 4) is 11.1 Å². The molecule has 18 heavy (non-hydrogen) atoms. The van der Waals surface area contributed by atoms with Gasteiger partial charge in [-0.1, -0.05) is 12.1 Å². The highest BCUT2D eigenvalue weighted by molar-refractivity contribution is 5.67. The van der Waals surface area contributed by atoms with Gasteiger partial charge in [0, 0.05) is 11.3 Å². The predicted molar refractivity (Wildman–Crippen MR) is 63.8 cm³/mol. The van der Waals surface area contributed by atoms with E-state index in [9.17, 15) is 13.2 Å². The van der Waals surface area contributed by atoms with E-state index in [1.807, 2.05) is 0 Å². The molecule has 1 aromatic heterocycles. The monoisotopic (exact) mass is 252 g/mol. The summed E-state index contributed by atoms with van der Waals surface area (Å²) in [4.78, 5) is 4.04. The number of pyridine rings is 1. The minimum absolute atomic E-state index is 0.350. The number of hydrogen-bond acceptors (Lipinski definition) is 2. The van der Waals surface area contributed by atoms with Crippen molar-refractivity contribution in [2.75, 3.05) is 5.73 Å². The van der Waals surface area contributed by atoms with Gasteiger partial charge in [0.2, 0.25) is 0 Å². The van der Waals surface area contributed by atoms with Crippen molar-refractivity contribution in [1.82, 2.24) is 4.98 Å². The Morgan fingerprint density at radius 1 is 1.11 bits per heavy atom. The summed E-state index contributed by atoms with van der Waals surface area (Å²) in [5, 5.41) is 0. The van der Waals surface area contributed by atoms with Gasteiger partial charge in [0.25, 0.3) is 0 Å². The molecule has 0 radical (unpaired) electrons. The van der Waals surface area contributed by atoms with Crippen LogP contribution in [-0.2, 0) is 6.18 Å². The lowest BCUT2D eigenvalue weighted by Gasteiger charge is -2.10. The first-order valence-electron chi connectivity index (χ1n) is 5.28. The highest BCUT2D eigenvalue weighted by Crippen LogP contribution is 2.32. The average Bonchev–Trinajstić information content (AvgIpc) is 2.28. The molecule has 0 fully saturated rings. The van der Waals surface area contributed by atoms with Gasteiger partial charge in [-0.15, -0.1) is 0 Å². The van der Waals surface area contributed by atoms with Crippen molar-refractivity contribution in [1.29, 1.82) is 0 Å². The van der Waals surface area contributed by atoms with Gasteiger partial charge in [-0.3, -0.25) is 0 Å². The van der Waals surface area contributed by atoms with Gasteiger partial charge in [0.05, 0.1) is 5.56 Å². The summed E-state index contributed by atoms with van der Waals surface area (Å²) in [7, 11) is 0. The summed E-state index contributed by atoms with van der Waals surface area (Å²) in [6.45, 7) is 1.71. The van der Waals surface area contributed by atoms with Crippen LogP contribution >= 0.6 is 0 Å². The highest BCUT2D eigenvalue weighted by Gasteiger charge is 2.30. The van der Waals surface area contributed by atoms with E-state index in [-0.39, 0.29) is 0 Å². The van der Waals surface area contributed by atoms with Crippen LogP contribution in [0.1, 0.15) is 11.3 Å². The van der Waals surface area contributed by atoms with E-state index in [0.717, 1.165) is 12.1 Å². The molecule has 1 aromatic carbocycles. The Labute approximate surface area is 102 Å². The lowest BCUT2D eigenvalue weighted by atomic mass is 10.0. The standard InChI is InChI=1S/C13H11F3N2/c1-8-11(5-6-12(17)18-8)9-3-2-4-10(7-9)13(14,15)16/h2-7H,1H3,(H2,17,18). The van der Waals surface area contributed by atoms with Crippen LogP contribution in [-0.4, -0.2) is 4.98 Å². The molecule has 0 aliphatic heterocycles. The zero-order chi connectivity index (χ0) is 13.3. The molecule has 0 atom stereocenters. The summed E-state index contributed by atoms with van der Waals surface area (Å²) in [6.07, 6.45) is -4.34. The van der Waals surface area contributed by atoms with Crippen molar-refractivity contribution in [2.24, 2.45) is 0 Å². The maximum atomic E-state index is 12.6. The Morgan fingerprint density at radius 2 is 1.83 bits per heavy atom. The van der Waals surface area contributed by atoms with Crippen LogP contribution in [0.15, 0.2) is 36.4 Å². The Kier molecular flexibility index (Phi) is 2.98. The van der Waals surface area contributed by atoms with Crippen molar-refractivity contribution >= 4 is 5.82 Å². The molecule has 0 spiro atoms. The summed E-state index contributed by atoms with van der Waals surface area (Å²) in [5.41, 5.74) is 6.58. The molecule has 2 rings (SSSR count). The number of alkyl halides is 3. The van der Waals surface area contributed by atoms with Gasteiger partial charge in [-0.05, 0) is 36.8 Å². The molecule has 2 N–H and O–H groups in total. The Balaban J connectivity index is 2.51. The molecule has 2 nitrogen and oxygen atoms in total. The van der Waals surface area contributed by atoms with Crippen LogP contribution < -0.4 is 5.73 Å². The third-order valence-electron chi connectivity index (χ3n) is 2.61. The van der Waals surface area contributed by atoms with Crippen LogP contribution in [0.2, 0.25) is 0 Å². The molecule has 0 saturated heterocycles. The number of benzene rings is 1. The number of nitrogens with two attached hydrogens (primary N) is 1. The van der Waals surface area contributed by atoms with Crippen LogP contribution in [0.5, 0.6) is 0 Å². The number of hydrogen-bond donors (Lipinski definition) is 1. The van der Waals surface area contributed by atoms with Crippen LogP contribution in [0, 0.1) is 6.92 Å². The Hall–Kier alpha value is -2.04. The molecule has 94 valence electrons. The third-order valence-corrected chi connectivity index (χ3v) is 2.61. The van der Waals surface area contributed by atoms with Crippen molar-refractivity contribution in [2.45, 2.75) is 13.1 Å². The minimum Gasteiger partial charge on any atom is -0.384 e. The van der Waals surface area contributed by atoms with Gasteiger partial charge in [-0.25, -0.2) is 4.98 Å². The summed E-state index contributed by atoms with van der Waals surface area (Å²) >= 11 is 0. The first kappa shape index (κ1) is 12.4. The minimum atomic E-state index is -4.34. The summed E-state index contributed by atoms with van der Waals surface area (Å²) < 4.78 is 37.8. The Morgan fingerprint density at radius 3 is 2.44 bits per heavy atom. The number of anilines is 1. The van der Waals surface area contributed by atoms with E-state index in [0.29, 0.717) is 22.6 Å². The van der Waals surface area contributed by atoms with Crippen LogP contribution in [0.3, 0.4) is 0 Å². The van der Waals surface area contributed by atoms with Gasteiger partial charge >= 0.3 is 6.18 Å². The lowest BCUT2D eigenvalue weighted by Crippen LogP contribution is -2.04. The van der Waals surface area contributed by atoms with Gasteiger partial charge in [0.1, 0.15) is 5.82 Å². The summed E-state index contributed by atoms with van der Waals surface area (Å²) in [6, 6.07) is 8.41. The fourth-order valence-corrected chi connectivity index (χ4v) is 1.75. The first-order chi connectivity index (χ1) is 8.38. The summed E-state index contributed by atoms with van der Waals surface area (Å²) in [5.74, 6) is 0.350. The van der Waals surface area contributed by atoms with Crippen molar-refractivity contribution in [3.05, 3.63) is 47.7 Å². The van der Waals surface area contributed by atoms with Crippen molar-refractivity contribution < 1.29 is 13.2 Å². The maximum absolute atomic E-state index is 12.6. The average molecular weight is 252 g/mol. The highest BCUT2D eigenvalue weighted by atomic mass is 19.4. The zero-order valence-corrected chi connectivity index (χ0v) is 9.62. The molecule has 0 aliphatic carbocycles. The second kappa shape index (κ2) is 4.33. The van der Waals surface area contributed by atoms with E-state index >= 15 is 0 Å². The fourth-order valence-electron chi connectivity index (χ4n) is 1.75. The topological polar surface area (TPSA) is 38.9 Å². The van der Waals surface area contributed by atoms with Crippen molar-refractivity contribution in [3.63, 3.8) is 0 Å². The molecule has 0 saturated carbocycles. The van der Waals surface area contributed by atoms with E-state index < -0.39 is 11.7 Å². The Bertz CT molecular complexity index is 577. The quantitative estimate of drug-likeness (QED) is 0.841. The number of halogens is 3. The molecule has 1 heterocycles. The van der Waals surface area contributed by atoms with E-state index in [1.54, 1.807) is 25.1 Å². The van der Waals surface area contributed by atoms with Crippen LogP contribution in [0.4, 0.5) is 19.0 Å². The molecule has 0 bridgehead atoms. The van der Waals surface area contributed by atoms with Gasteiger partial charge in [0.15, 0.2) is 0 Å². The van der Waals surface area contributed by atoms with Crippen LogP contribution in [0.25, 0.3) is 11.1 Å².